The SMILES string of the molecule is CCOc1ccc(C2=C(Nc3ccccc3C)C(=O)N(CCOC)C2=O)cc1. The van der Waals surface area contributed by atoms with Crippen molar-refractivity contribution in [1.29, 1.82) is 0 Å². The lowest BCUT2D eigenvalue weighted by Crippen LogP contribution is -2.35. The molecule has 6 nitrogen and oxygen atoms in total. The Kier molecular flexibility index (Phi) is 6.11. The summed E-state index contributed by atoms with van der Waals surface area (Å²) in [4.78, 5) is 27.3. The smallest absolute Gasteiger partial charge is 0.278 e. The maximum atomic E-state index is 13.0. The van der Waals surface area contributed by atoms with E-state index in [2.05, 4.69) is 5.32 Å². The predicted octanol–water partition coefficient (Wildman–Crippen LogP) is 3.23. The van der Waals surface area contributed by atoms with Crippen molar-refractivity contribution in [3.8, 4) is 5.75 Å². The van der Waals surface area contributed by atoms with Crippen LogP contribution in [0.5, 0.6) is 5.75 Å². The average molecular weight is 380 g/mol. The van der Waals surface area contributed by atoms with Crippen LogP contribution in [0.25, 0.3) is 5.57 Å². The molecule has 0 aromatic heterocycles. The minimum atomic E-state index is -0.353. The Hall–Kier alpha value is -3.12. The van der Waals surface area contributed by atoms with Crippen LogP contribution in [0, 0.1) is 6.92 Å². The zero-order valence-corrected chi connectivity index (χ0v) is 16.3. The third kappa shape index (κ3) is 3.92. The highest BCUT2D eigenvalue weighted by Gasteiger charge is 2.39. The standard InChI is InChI=1S/C22H24N2O4/c1-4-28-17-11-9-16(10-12-17)19-20(23-18-8-6-5-7-15(18)2)22(26)24(21(19)25)13-14-27-3/h5-12,23H,4,13-14H2,1-3H3. The molecule has 0 saturated carbocycles. The molecule has 1 N–H and O–H groups in total. The van der Waals surface area contributed by atoms with Crippen LogP contribution < -0.4 is 10.1 Å². The summed E-state index contributed by atoms with van der Waals surface area (Å²) < 4.78 is 10.5. The Morgan fingerprint density at radius 1 is 1.00 bits per heavy atom. The van der Waals surface area contributed by atoms with E-state index in [0.717, 1.165) is 11.3 Å². The van der Waals surface area contributed by atoms with Crippen molar-refractivity contribution in [1.82, 2.24) is 4.90 Å². The number of ether oxygens (including phenoxy) is 2. The molecular formula is C22H24N2O4. The van der Waals surface area contributed by atoms with Gasteiger partial charge in [0, 0.05) is 12.8 Å². The van der Waals surface area contributed by atoms with Gasteiger partial charge in [-0.25, -0.2) is 0 Å². The number of rotatable bonds is 8. The quantitative estimate of drug-likeness (QED) is 0.712. The highest BCUT2D eigenvalue weighted by atomic mass is 16.5. The summed E-state index contributed by atoms with van der Waals surface area (Å²) >= 11 is 0. The number of carbonyl (C=O) groups is 2. The lowest BCUT2D eigenvalue weighted by Gasteiger charge is -2.15. The van der Waals surface area contributed by atoms with Gasteiger partial charge >= 0.3 is 0 Å². The monoisotopic (exact) mass is 380 g/mol. The fraction of sp³-hybridized carbons (Fsp3) is 0.273. The molecule has 1 heterocycles. The maximum absolute atomic E-state index is 13.0. The minimum absolute atomic E-state index is 0.202. The van der Waals surface area contributed by atoms with Gasteiger partial charge in [-0.2, -0.15) is 0 Å². The molecule has 0 radical (unpaired) electrons. The van der Waals surface area contributed by atoms with Gasteiger partial charge in [0.05, 0.1) is 25.3 Å². The van der Waals surface area contributed by atoms with E-state index < -0.39 is 0 Å². The van der Waals surface area contributed by atoms with E-state index >= 15 is 0 Å². The second kappa shape index (κ2) is 8.71. The van der Waals surface area contributed by atoms with Gasteiger partial charge in [0.25, 0.3) is 11.8 Å². The molecule has 146 valence electrons. The second-order valence-electron chi connectivity index (χ2n) is 6.40. The summed E-state index contributed by atoms with van der Waals surface area (Å²) in [6.45, 7) is 4.90. The van der Waals surface area contributed by atoms with E-state index in [0.29, 0.717) is 23.5 Å². The van der Waals surface area contributed by atoms with Crippen LogP contribution in [0.15, 0.2) is 54.2 Å². The van der Waals surface area contributed by atoms with Gasteiger partial charge in [-0.05, 0) is 43.2 Å². The van der Waals surface area contributed by atoms with Crippen molar-refractivity contribution in [2.75, 3.05) is 32.2 Å². The van der Waals surface area contributed by atoms with Crippen LogP contribution in [0.3, 0.4) is 0 Å². The number of aryl methyl sites for hydroxylation is 1. The largest absolute Gasteiger partial charge is 0.494 e. The van der Waals surface area contributed by atoms with Gasteiger partial charge < -0.3 is 14.8 Å². The predicted molar refractivity (Wildman–Crippen MR) is 108 cm³/mol. The van der Waals surface area contributed by atoms with E-state index in [4.69, 9.17) is 9.47 Å². The molecule has 6 heteroatoms. The van der Waals surface area contributed by atoms with Gasteiger partial charge in [-0.15, -0.1) is 0 Å². The summed E-state index contributed by atoms with van der Waals surface area (Å²) in [5.74, 6) is 0.0322. The molecule has 0 fully saturated rings. The molecule has 0 spiro atoms. The Labute approximate surface area is 164 Å². The highest BCUT2D eigenvalue weighted by Crippen LogP contribution is 2.32. The summed E-state index contributed by atoms with van der Waals surface area (Å²) in [6.07, 6.45) is 0. The minimum Gasteiger partial charge on any atom is -0.494 e. The third-order valence-electron chi connectivity index (χ3n) is 4.55. The molecule has 0 unspecified atom stereocenters. The van der Waals surface area contributed by atoms with E-state index in [1.807, 2.05) is 38.1 Å². The van der Waals surface area contributed by atoms with Gasteiger partial charge in [0.15, 0.2) is 0 Å². The van der Waals surface area contributed by atoms with Gasteiger partial charge in [0.2, 0.25) is 0 Å². The van der Waals surface area contributed by atoms with Crippen molar-refractivity contribution in [2.45, 2.75) is 13.8 Å². The third-order valence-corrected chi connectivity index (χ3v) is 4.55. The molecular weight excluding hydrogens is 356 g/mol. The van der Waals surface area contributed by atoms with E-state index in [-0.39, 0.29) is 30.7 Å². The van der Waals surface area contributed by atoms with Gasteiger partial charge in [-0.1, -0.05) is 30.3 Å². The molecule has 0 aliphatic carbocycles. The summed E-state index contributed by atoms with van der Waals surface area (Å²) in [7, 11) is 1.54. The van der Waals surface area contributed by atoms with Crippen LogP contribution in [0.4, 0.5) is 5.69 Å². The zero-order chi connectivity index (χ0) is 20.1. The van der Waals surface area contributed by atoms with Crippen LogP contribution in [0.2, 0.25) is 0 Å². The zero-order valence-electron chi connectivity index (χ0n) is 16.3. The summed E-state index contributed by atoms with van der Waals surface area (Å²) in [6, 6.07) is 14.8. The first-order valence-corrected chi connectivity index (χ1v) is 9.22. The van der Waals surface area contributed by atoms with E-state index in [9.17, 15) is 9.59 Å². The molecule has 28 heavy (non-hydrogen) atoms. The Morgan fingerprint density at radius 2 is 1.71 bits per heavy atom. The molecule has 2 aromatic carbocycles. The van der Waals surface area contributed by atoms with Crippen molar-refractivity contribution >= 4 is 23.1 Å². The lowest BCUT2D eigenvalue weighted by atomic mass is 10.0. The van der Waals surface area contributed by atoms with Crippen molar-refractivity contribution in [2.24, 2.45) is 0 Å². The number of methoxy groups -OCH3 is 1. The molecule has 0 bridgehead atoms. The lowest BCUT2D eigenvalue weighted by molar-refractivity contribution is -0.137. The first-order valence-electron chi connectivity index (χ1n) is 9.22. The van der Waals surface area contributed by atoms with Gasteiger partial charge in [-0.3, -0.25) is 14.5 Å². The molecule has 1 aliphatic heterocycles. The second-order valence-corrected chi connectivity index (χ2v) is 6.40. The molecule has 0 atom stereocenters. The number of benzene rings is 2. The molecule has 0 saturated heterocycles. The number of hydrogen-bond acceptors (Lipinski definition) is 5. The maximum Gasteiger partial charge on any atom is 0.278 e. The molecule has 2 amide bonds. The van der Waals surface area contributed by atoms with E-state index in [1.165, 1.54) is 12.0 Å². The number of imide groups is 1. The Morgan fingerprint density at radius 3 is 2.36 bits per heavy atom. The van der Waals surface area contributed by atoms with Crippen LogP contribution in [-0.2, 0) is 14.3 Å². The highest BCUT2D eigenvalue weighted by molar-refractivity contribution is 6.36. The fourth-order valence-corrected chi connectivity index (χ4v) is 3.08. The number of hydrogen-bond donors (Lipinski definition) is 1. The van der Waals surface area contributed by atoms with Crippen LogP contribution >= 0.6 is 0 Å². The summed E-state index contributed by atoms with van der Waals surface area (Å²) in [5.41, 5.74) is 3.07. The van der Waals surface area contributed by atoms with E-state index in [1.54, 1.807) is 24.3 Å². The average Bonchev–Trinajstić information content (AvgIpc) is 2.93. The topological polar surface area (TPSA) is 67.9 Å². The van der Waals surface area contributed by atoms with Crippen molar-refractivity contribution in [3.05, 3.63) is 65.4 Å². The van der Waals surface area contributed by atoms with Gasteiger partial charge in [0.1, 0.15) is 11.4 Å². The number of anilines is 1. The van der Waals surface area contributed by atoms with Crippen LogP contribution in [0.1, 0.15) is 18.1 Å². The van der Waals surface area contributed by atoms with Crippen molar-refractivity contribution < 1.29 is 19.1 Å². The first-order chi connectivity index (χ1) is 13.6. The van der Waals surface area contributed by atoms with Crippen molar-refractivity contribution in [3.63, 3.8) is 0 Å². The first kappa shape index (κ1) is 19.6. The number of para-hydroxylation sites is 1. The summed E-state index contributed by atoms with van der Waals surface area (Å²) in [5, 5.41) is 3.18. The Balaban J connectivity index is 2.02. The number of carbonyl (C=O) groups excluding carboxylic acids is 2. The number of nitrogens with one attached hydrogen (secondary N) is 1. The normalized spacial score (nSPS) is 14.0. The number of nitrogens with zero attached hydrogens (tertiary/aromatic N) is 1. The molecule has 1 aliphatic rings. The fourth-order valence-electron chi connectivity index (χ4n) is 3.08. The number of amides is 2. The van der Waals surface area contributed by atoms with Crippen LogP contribution in [-0.4, -0.2) is 43.6 Å². The molecule has 2 aromatic rings. The molecule has 3 rings (SSSR count). The Bertz CT molecular complexity index is 903.